The zero-order chi connectivity index (χ0) is 12.8. The predicted molar refractivity (Wildman–Crippen MR) is 67.3 cm³/mol. The number of carbonyl (C=O) groups excluding carboxylic acids is 2. The summed E-state index contributed by atoms with van der Waals surface area (Å²) in [5.74, 6) is -1.49. The van der Waals surface area contributed by atoms with Crippen molar-refractivity contribution in [3.63, 3.8) is 0 Å². The molecule has 1 aromatic rings. The molecule has 94 valence electrons. The molecule has 0 aliphatic carbocycles. The van der Waals surface area contributed by atoms with Crippen molar-refractivity contribution in [2.24, 2.45) is 0 Å². The average molecular weight is 256 g/mol. The van der Waals surface area contributed by atoms with Gasteiger partial charge < -0.3 is 9.15 Å². The molecule has 0 radical (unpaired) electrons. The van der Waals surface area contributed by atoms with Crippen molar-refractivity contribution < 1.29 is 18.7 Å². The Labute approximate surface area is 102 Å². The summed E-state index contributed by atoms with van der Waals surface area (Å²) in [5, 5.41) is 0. The summed E-state index contributed by atoms with van der Waals surface area (Å²) in [6.45, 7) is 6.02. The Morgan fingerprint density at radius 1 is 1.24 bits per heavy atom. The third-order valence-corrected chi connectivity index (χ3v) is 4.74. The number of esters is 1. The van der Waals surface area contributed by atoms with Gasteiger partial charge in [0.05, 0.1) is 6.61 Å². The first-order chi connectivity index (χ1) is 8.13. The molecule has 0 unspecified atom stereocenters. The molecule has 0 aromatic carbocycles. The number of Topliss-reactive ketones (excluding diaryl/α,β-unsaturated/α-hetero) is 1. The molecule has 5 heteroatoms. The quantitative estimate of drug-likeness (QED) is 0.339. The highest BCUT2D eigenvalue weighted by molar-refractivity contribution is 7.65. The van der Waals surface area contributed by atoms with E-state index < -0.39 is 11.8 Å². The Morgan fingerprint density at radius 2 is 1.88 bits per heavy atom. The van der Waals surface area contributed by atoms with Gasteiger partial charge in [0.2, 0.25) is 0 Å². The van der Waals surface area contributed by atoms with Crippen molar-refractivity contribution in [2.45, 2.75) is 20.8 Å². The van der Waals surface area contributed by atoms with E-state index in [1.165, 1.54) is 0 Å². The van der Waals surface area contributed by atoms with Crippen molar-refractivity contribution in [3.8, 4) is 0 Å². The fraction of sp³-hybridized carbons (Fsp3) is 0.500. The summed E-state index contributed by atoms with van der Waals surface area (Å²) < 4.78 is 10.1. The molecule has 0 saturated heterocycles. The van der Waals surface area contributed by atoms with E-state index in [2.05, 4.69) is 18.6 Å². The Morgan fingerprint density at radius 3 is 2.41 bits per heavy atom. The van der Waals surface area contributed by atoms with Crippen molar-refractivity contribution >= 4 is 25.2 Å². The van der Waals surface area contributed by atoms with Crippen LogP contribution in [0, 0.1) is 0 Å². The zero-order valence-corrected chi connectivity index (χ0v) is 11.3. The molecule has 0 spiro atoms. The van der Waals surface area contributed by atoms with Crippen LogP contribution in [0.5, 0.6) is 0 Å². The highest BCUT2D eigenvalue weighted by Crippen LogP contribution is 2.33. The lowest BCUT2D eigenvalue weighted by Gasteiger charge is -2.08. The highest BCUT2D eigenvalue weighted by atomic mass is 31.1. The van der Waals surface area contributed by atoms with Crippen molar-refractivity contribution in [3.05, 3.63) is 17.9 Å². The second-order valence-corrected chi connectivity index (χ2v) is 6.15. The SMILES string of the molecule is CCOC(=O)C(=O)c1ccc(P(CC)CC)o1. The number of rotatable bonds is 6. The van der Waals surface area contributed by atoms with Gasteiger partial charge in [-0.15, -0.1) is 0 Å². The van der Waals surface area contributed by atoms with Crippen molar-refractivity contribution in [2.75, 3.05) is 18.9 Å². The number of ether oxygens (including phenoxy) is 1. The predicted octanol–water partition coefficient (Wildman–Crippen LogP) is 2.17. The van der Waals surface area contributed by atoms with Crippen LogP contribution in [-0.4, -0.2) is 30.7 Å². The Hall–Kier alpha value is -1.15. The van der Waals surface area contributed by atoms with Crippen LogP contribution >= 0.6 is 7.92 Å². The fourth-order valence-corrected chi connectivity index (χ4v) is 3.04. The van der Waals surface area contributed by atoms with Crippen LogP contribution in [0.4, 0.5) is 0 Å². The van der Waals surface area contributed by atoms with E-state index >= 15 is 0 Å². The van der Waals surface area contributed by atoms with Gasteiger partial charge in [0.25, 0.3) is 0 Å². The molecule has 1 rings (SSSR count). The van der Waals surface area contributed by atoms with E-state index in [1.54, 1.807) is 19.1 Å². The second kappa shape index (κ2) is 6.55. The molecular weight excluding hydrogens is 239 g/mol. The molecule has 0 aliphatic rings. The molecule has 0 N–H and O–H groups in total. The minimum Gasteiger partial charge on any atom is -0.460 e. The minimum absolute atomic E-state index is 0.0767. The first kappa shape index (κ1) is 13.9. The van der Waals surface area contributed by atoms with Gasteiger partial charge in [-0.1, -0.05) is 13.8 Å². The molecule has 0 saturated carbocycles. The van der Waals surface area contributed by atoms with E-state index in [9.17, 15) is 9.59 Å². The number of hydrogen-bond donors (Lipinski definition) is 0. The van der Waals surface area contributed by atoms with Gasteiger partial charge in [0, 0.05) is 0 Å². The highest BCUT2D eigenvalue weighted by Gasteiger charge is 2.22. The standard InChI is InChI=1S/C12H17O4P/c1-4-15-12(14)11(13)9-7-8-10(16-9)17(5-2)6-3/h7-8H,4-6H2,1-3H3. The van der Waals surface area contributed by atoms with Gasteiger partial charge >= 0.3 is 11.8 Å². The van der Waals surface area contributed by atoms with Crippen LogP contribution in [0.2, 0.25) is 0 Å². The molecule has 1 heterocycles. The Kier molecular flexibility index (Phi) is 5.36. The second-order valence-electron chi connectivity index (χ2n) is 3.36. The molecule has 0 bridgehead atoms. The van der Waals surface area contributed by atoms with Gasteiger partial charge in [0.1, 0.15) is 5.50 Å². The molecule has 4 nitrogen and oxygen atoms in total. The van der Waals surface area contributed by atoms with Crippen LogP contribution in [-0.2, 0) is 9.53 Å². The van der Waals surface area contributed by atoms with Crippen LogP contribution in [0.25, 0.3) is 0 Å². The Balaban J connectivity index is 2.80. The topological polar surface area (TPSA) is 56.5 Å². The number of carbonyl (C=O) groups is 2. The number of furan rings is 1. The third kappa shape index (κ3) is 3.40. The van der Waals surface area contributed by atoms with Crippen LogP contribution in [0.1, 0.15) is 31.3 Å². The van der Waals surface area contributed by atoms with Crippen LogP contribution < -0.4 is 5.50 Å². The first-order valence-corrected chi connectivity index (χ1v) is 7.41. The lowest BCUT2D eigenvalue weighted by atomic mass is 10.3. The van der Waals surface area contributed by atoms with Crippen LogP contribution in [0.3, 0.4) is 0 Å². The summed E-state index contributed by atoms with van der Waals surface area (Å²) in [6.07, 6.45) is 2.01. The fourth-order valence-electron chi connectivity index (χ4n) is 1.45. The van der Waals surface area contributed by atoms with E-state index in [1.807, 2.05) is 0 Å². The zero-order valence-electron chi connectivity index (χ0n) is 10.4. The lowest BCUT2D eigenvalue weighted by Crippen LogP contribution is -2.17. The average Bonchev–Trinajstić information content (AvgIpc) is 2.79. The lowest BCUT2D eigenvalue weighted by molar-refractivity contribution is -0.137. The molecule has 0 atom stereocenters. The maximum absolute atomic E-state index is 11.6. The molecule has 17 heavy (non-hydrogen) atoms. The van der Waals surface area contributed by atoms with E-state index in [4.69, 9.17) is 4.42 Å². The summed E-state index contributed by atoms with van der Waals surface area (Å²) in [4.78, 5) is 22.8. The molecule has 0 fully saturated rings. The van der Waals surface area contributed by atoms with Gasteiger partial charge in [-0.3, -0.25) is 4.79 Å². The maximum atomic E-state index is 11.6. The van der Waals surface area contributed by atoms with Gasteiger partial charge in [-0.25, -0.2) is 4.79 Å². The van der Waals surface area contributed by atoms with E-state index in [0.717, 1.165) is 17.8 Å². The van der Waals surface area contributed by atoms with E-state index in [0.29, 0.717) is 0 Å². The normalized spacial score (nSPS) is 10.6. The molecule has 0 aliphatic heterocycles. The van der Waals surface area contributed by atoms with Gasteiger partial charge in [-0.2, -0.15) is 0 Å². The number of hydrogen-bond acceptors (Lipinski definition) is 4. The summed E-state index contributed by atoms with van der Waals surface area (Å²) in [6, 6.07) is 3.33. The van der Waals surface area contributed by atoms with Gasteiger partial charge in [-0.05, 0) is 39.3 Å². The third-order valence-electron chi connectivity index (χ3n) is 2.35. The van der Waals surface area contributed by atoms with E-state index in [-0.39, 0.29) is 20.3 Å². The maximum Gasteiger partial charge on any atom is 0.383 e. The first-order valence-electron chi connectivity index (χ1n) is 5.70. The summed E-state index contributed by atoms with van der Waals surface area (Å²) >= 11 is 0. The van der Waals surface area contributed by atoms with Gasteiger partial charge in [0.15, 0.2) is 5.76 Å². The smallest absolute Gasteiger partial charge is 0.383 e. The Bertz CT molecular complexity index is 393. The number of ketones is 1. The van der Waals surface area contributed by atoms with Crippen molar-refractivity contribution in [1.29, 1.82) is 0 Å². The van der Waals surface area contributed by atoms with Crippen molar-refractivity contribution in [1.82, 2.24) is 0 Å². The monoisotopic (exact) mass is 256 g/mol. The minimum atomic E-state index is -0.856. The molecule has 0 amide bonds. The summed E-state index contributed by atoms with van der Waals surface area (Å²) in [5.41, 5.74) is 0.817. The largest absolute Gasteiger partial charge is 0.460 e. The molecule has 1 aromatic heterocycles. The van der Waals surface area contributed by atoms with Crippen LogP contribution in [0.15, 0.2) is 16.5 Å². The molecular formula is C12H17O4P. The summed E-state index contributed by atoms with van der Waals surface area (Å²) in [7, 11) is -0.353.